The van der Waals surface area contributed by atoms with Crippen molar-refractivity contribution in [1.29, 1.82) is 0 Å². The number of hydrogen-bond donors (Lipinski definition) is 1. The molecule has 0 aliphatic carbocycles. The van der Waals surface area contributed by atoms with E-state index in [2.05, 4.69) is 14.7 Å². The number of hydrogen-bond acceptors (Lipinski definition) is 6. The van der Waals surface area contributed by atoms with E-state index in [4.69, 9.17) is 9.47 Å². The van der Waals surface area contributed by atoms with Crippen LogP contribution < -0.4 is 14.2 Å². The summed E-state index contributed by atoms with van der Waals surface area (Å²) in [7, 11) is 3.19. The van der Waals surface area contributed by atoms with Gasteiger partial charge in [0, 0.05) is 35.0 Å². The molecule has 0 saturated carbocycles. The molecule has 4 rings (SSSR count). The zero-order valence-corrected chi connectivity index (χ0v) is 16.0. The second-order valence-electron chi connectivity index (χ2n) is 6.12. The zero-order valence-electron chi connectivity index (χ0n) is 15.2. The summed E-state index contributed by atoms with van der Waals surface area (Å²) in [5, 5.41) is 0.910. The van der Waals surface area contributed by atoms with Crippen LogP contribution in [0.15, 0.2) is 48.9 Å². The predicted octanol–water partition coefficient (Wildman–Crippen LogP) is 2.86. The minimum atomic E-state index is -2.34. The van der Waals surface area contributed by atoms with Gasteiger partial charge in [-0.25, -0.2) is 4.98 Å². The van der Waals surface area contributed by atoms with Crippen molar-refractivity contribution in [3.63, 3.8) is 0 Å². The predicted molar refractivity (Wildman–Crippen MR) is 106 cm³/mol. The first kappa shape index (κ1) is 18.2. The van der Waals surface area contributed by atoms with Gasteiger partial charge in [-0.15, -0.1) is 0 Å². The number of nitrogens with zero attached hydrogens (tertiary/aromatic N) is 3. The van der Waals surface area contributed by atoms with Gasteiger partial charge in [-0.1, -0.05) is 12.1 Å². The van der Waals surface area contributed by atoms with Crippen molar-refractivity contribution >= 4 is 38.9 Å². The van der Waals surface area contributed by atoms with Gasteiger partial charge in [0.15, 0.2) is 11.5 Å². The van der Waals surface area contributed by atoms with E-state index in [0.717, 1.165) is 27.5 Å². The molecule has 28 heavy (non-hydrogen) atoms. The van der Waals surface area contributed by atoms with Crippen molar-refractivity contribution in [3.05, 3.63) is 54.5 Å². The molecule has 9 heteroatoms. The Labute approximate surface area is 163 Å². The van der Waals surface area contributed by atoms with Gasteiger partial charge in [0.2, 0.25) is 0 Å². The second kappa shape index (κ2) is 7.45. The molecule has 0 fully saturated rings. The molecule has 0 saturated heterocycles. The number of pyridine rings is 1. The van der Waals surface area contributed by atoms with Gasteiger partial charge >= 0.3 is 0 Å². The molecule has 2 heterocycles. The number of imidazole rings is 1. The lowest BCUT2D eigenvalue weighted by molar-refractivity contribution is 0.356. The summed E-state index contributed by atoms with van der Waals surface area (Å²) in [5.41, 5.74) is 4.02. The van der Waals surface area contributed by atoms with E-state index in [-0.39, 0.29) is 0 Å². The normalized spacial score (nSPS) is 12.2. The number of aromatic nitrogens is 3. The SMILES string of the molecule is COc1cc2ncc3ncn(Cc4ccc(NS(=O)[O-])cc4)c3c2cc1OC. The highest BCUT2D eigenvalue weighted by Gasteiger charge is 2.13. The van der Waals surface area contributed by atoms with E-state index in [9.17, 15) is 8.76 Å². The third-order valence-electron chi connectivity index (χ3n) is 4.46. The lowest BCUT2D eigenvalue weighted by Gasteiger charge is -2.12. The maximum absolute atomic E-state index is 10.7. The topological polar surface area (TPSA) is 101 Å². The highest BCUT2D eigenvalue weighted by atomic mass is 32.2. The molecule has 144 valence electrons. The van der Waals surface area contributed by atoms with Gasteiger partial charge in [-0.05, 0) is 23.8 Å². The maximum Gasteiger partial charge on any atom is 0.162 e. The Morgan fingerprint density at radius 2 is 1.79 bits per heavy atom. The second-order valence-corrected chi connectivity index (χ2v) is 6.80. The van der Waals surface area contributed by atoms with Gasteiger partial charge < -0.3 is 23.3 Å². The molecular formula is C19H17N4O4S-. The van der Waals surface area contributed by atoms with Gasteiger partial charge in [0.05, 0.1) is 37.8 Å². The Morgan fingerprint density at radius 3 is 2.46 bits per heavy atom. The van der Waals surface area contributed by atoms with Crippen molar-refractivity contribution in [3.8, 4) is 11.5 Å². The molecule has 0 spiro atoms. The van der Waals surface area contributed by atoms with Crippen LogP contribution in [0.25, 0.3) is 21.9 Å². The third-order valence-corrected chi connectivity index (χ3v) is 4.86. The van der Waals surface area contributed by atoms with E-state index >= 15 is 0 Å². The first-order valence-corrected chi connectivity index (χ1v) is 9.47. The number of nitrogens with one attached hydrogen (secondary N) is 1. The molecule has 0 aliphatic heterocycles. The van der Waals surface area contributed by atoms with Crippen LogP contribution in [0.2, 0.25) is 0 Å². The maximum atomic E-state index is 10.7. The fourth-order valence-electron chi connectivity index (χ4n) is 3.17. The van der Waals surface area contributed by atoms with Crippen molar-refractivity contribution in [2.24, 2.45) is 0 Å². The van der Waals surface area contributed by atoms with Crippen molar-refractivity contribution in [1.82, 2.24) is 14.5 Å². The van der Waals surface area contributed by atoms with Gasteiger partial charge in [-0.2, -0.15) is 0 Å². The number of methoxy groups -OCH3 is 2. The minimum Gasteiger partial charge on any atom is -0.755 e. The molecule has 0 bridgehead atoms. The van der Waals surface area contributed by atoms with E-state index in [1.54, 1.807) is 38.9 Å². The van der Waals surface area contributed by atoms with Crippen LogP contribution in [-0.4, -0.2) is 37.5 Å². The average Bonchev–Trinajstić information content (AvgIpc) is 3.11. The van der Waals surface area contributed by atoms with Crippen LogP contribution in [-0.2, 0) is 17.8 Å². The lowest BCUT2D eigenvalue weighted by Crippen LogP contribution is -2.03. The summed E-state index contributed by atoms with van der Waals surface area (Å²) in [5.74, 6) is 1.24. The summed E-state index contributed by atoms with van der Waals surface area (Å²) in [6.45, 7) is 0.574. The van der Waals surface area contributed by atoms with E-state index in [0.29, 0.717) is 23.7 Å². The third kappa shape index (κ3) is 3.37. The molecular weight excluding hydrogens is 380 g/mol. The van der Waals surface area contributed by atoms with Crippen LogP contribution in [0.1, 0.15) is 5.56 Å². The molecule has 0 amide bonds. The summed E-state index contributed by atoms with van der Waals surface area (Å²) >= 11 is -2.34. The summed E-state index contributed by atoms with van der Waals surface area (Å²) in [6, 6.07) is 10.9. The first-order valence-electron chi connectivity index (χ1n) is 8.39. The molecule has 8 nitrogen and oxygen atoms in total. The van der Waals surface area contributed by atoms with E-state index < -0.39 is 11.3 Å². The van der Waals surface area contributed by atoms with E-state index in [1.165, 1.54) is 0 Å². The molecule has 2 aromatic heterocycles. The Balaban J connectivity index is 1.77. The number of benzene rings is 2. The number of ether oxygens (including phenoxy) is 2. The number of anilines is 1. The molecule has 2 aromatic carbocycles. The zero-order chi connectivity index (χ0) is 19.7. The van der Waals surface area contributed by atoms with Crippen molar-refractivity contribution in [2.45, 2.75) is 6.54 Å². The number of rotatable bonds is 6. The minimum absolute atomic E-state index is 0.513. The van der Waals surface area contributed by atoms with Crippen LogP contribution in [0.4, 0.5) is 5.69 Å². The molecule has 4 aromatic rings. The van der Waals surface area contributed by atoms with Gasteiger partial charge in [0.1, 0.15) is 5.52 Å². The van der Waals surface area contributed by atoms with Crippen LogP contribution in [0.3, 0.4) is 0 Å². The number of fused-ring (bicyclic) bond motifs is 3. The monoisotopic (exact) mass is 397 g/mol. The van der Waals surface area contributed by atoms with Gasteiger partial charge in [0.25, 0.3) is 0 Å². The standard InChI is InChI=1S/C19H18N4O4S/c1-26-17-7-14-15(8-18(17)27-2)20-9-16-19(14)23(11-21-16)10-12-3-5-13(6-4-12)22-28(24)25/h3-9,11,22H,10H2,1-2H3,(H,24,25)/p-1. The quantitative estimate of drug-likeness (QED) is 0.502. The van der Waals surface area contributed by atoms with Crippen molar-refractivity contribution in [2.75, 3.05) is 18.9 Å². The smallest absolute Gasteiger partial charge is 0.162 e. The molecule has 1 unspecified atom stereocenters. The Morgan fingerprint density at radius 1 is 1.07 bits per heavy atom. The highest BCUT2D eigenvalue weighted by molar-refractivity contribution is 7.80. The molecule has 0 radical (unpaired) electrons. The largest absolute Gasteiger partial charge is 0.755 e. The molecule has 0 aliphatic rings. The summed E-state index contributed by atoms with van der Waals surface area (Å²) < 4.78 is 36.6. The first-order chi connectivity index (χ1) is 13.6. The lowest BCUT2D eigenvalue weighted by atomic mass is 10.1. The van der Waals surface area contributed by atoms with Gasteiger partial charge in [-0.3, -0.25) is 9.19 Å². The highest BCUT2D eigenvalue weighted by Crippen LogP contribution is 2.34. The Hall–Kier alpha value is -3.17. The Kier molecular flexibility index (Phi) is 4.84. The van der Waals surface area contributed by atoms with Crippen LogP contribution in [0, 0.1) is 0 Å². The van der Waals surface area contributed by atoms with Crippen LogP contribution in [0.5, 0.6) is 11.5 Å². The Bertz CT molecular complexity index is 1170. The van der Waals surface area contributed by atoms with Crippen LogP contribution >= 0.6 is 0 Å². The van der Waals surface area contributed by atoms with Crippen molar-refractivity contribution < 1.29 is 18.2 Å². The molecule has 1 atom stereocenters. The fraction of sp³-hybridized carbons (Fsp3) is 0.158. The van der Waals surface area contributed by atoms with E-state index in [1.807, 2.05) is 28.8 Å². The molecule has 1 N–H and O–H groups in total. The average molecular weight is 397 g/mol. The fourth-order valence-corrected chi connectivity index (χ4v) is 3.50. The summed E-state index contributed by atoms with van der Waals surface area (Å²) in [6.07, 6.45) is 3.50. The summed E-state index contributed by atoms with van der Waals surface area (Å²) in [4.78, 5) is 8.93.